The van der Waals surface area contributed by atoms with Crippen LogP contribution in [0, 0.1) is 0 Å². The monoisotopic (exact) mass is 282 g/mol. The molecule has 0 bridgehead atoms. The van der Waals surface area contributed by atoms with Gasteiger partial charge in [-0.3, -0.25) is 14.3 Å². The molecule has 1 aliphatic heterocycles. The van der Waals surface area contributed by atoms with E-state index in [9.17, 15) is 22.8 Å². The molecule has 1 aromatic rings. The summed E-state index contributed by atoms with van der Waals surface area (Å²) in [4.78, 5) is 24.1. The van der Waals surface area contributed by atoms with E-state index in [-0.39, 0.29) is 6.61 Å². The van der Waals surface area contributed by atoms with Gasteiger partial charge in [-0.1, -0.05) is 0 Å². The van der Waals surface area contributed by atoms with Crippen molar-refractivity contribution in [2.75, 3.05) is 13.2 Å². The Morgan fingerprint density at radius 2 is 2.16 bits per heavy atom. The second-order valence-corrected chi connectivity index (χ2v) is 3.74. The van der Waals surface area contributed by atoms with Crippen LogP contribution in [0.3, 0.4) is 0 Å². The minimum Gasteiger partial charge on any atom is -0.391 e. The maximum absolute atomic E-state index is 12.5. The number of H-pyrrole nitrogens is 1. The topological polar surface area (TPSA) is 93.6 Å². The van der Waals surface area contributed by atoms with Crippen LogP contribution in [0.4, 0.5) is 13.2 Å². The molecule has 19 heavy (non-hydrogen) atoms. The lowest BCUT2D eigenvalue weighted by Gasteiger charge is -2.14. The smallest absolute Gasteiger partial charge is 0.391 e. The van der Waals surface area contributed by atoms with Crippen molar-refractivity contribution in [2.45, 2.75) is 18.7 Å². The minimum atomic E-state index is -4.89. The second kappa shape index (κ2) is 4.79. The van der Waals surface area contributed by atoms with E-state index in [1.807, 2.05) is 0 Å². The average Bonchev–Trinajstić information content (AvgIpc) is 2.75. The first-order chi connectivity index (χ1) is 8.82. The summed E-state index contributed by atoms with van der Waals surface area (Å²) >= 11 is 0. The van der Waals surface area contributed by atoms with Crippen molar-refractivity contribution in [3.05, 3.63) is 32.6 Å². The molecule has 2 atom stereocenters. The Morgan fingerprint density at radius 1 is 1.47 bits per heavy atom. The number of aromatic amines is 1. The highest BCUT2D eigenvalue weighted by Crippen LogP contribution is 2.27. The number of aromatic nitrogens is 2. The van der Waals surface area contributed by atoms with Crippen molar-refractivity contribution in [1.29, 1.82) is 0 Å². The number of nitrogens with zero attached hydrogens (tertiary/aromatic N) is 1. The van der Waals surface area contributed by atoms with Crippen LogP contribution in [-0.2, 0) is 15.7 Å². The molecule has 2 N–H and O–H groups in total. The van der Waals surface area contributed by atoms with Crippen LogP contribution in [0.5, 0.6) is 0 Å². The molecule has 1 aliphatic rings. The van der Waals surface area contributed by atoms with Crippen LogP contribution < -0.4 is 11.2 Å². The summed E-state index contributed by atoms with van der Waals surface area (Å²) < 4.78 is 48.1. The van der Waals surface area contributed by atoms with Crippen LogP contribution in [0.1, 0.15) is 11.8 Å². The molecule has 0 amide bonds. The number of rotatable bonds is 2. The summed E-state index contributed by atoms with van der Waals surface area (Å²) in [5.41, 5.74) is -4.08. The van der Waals surface area contributed by atoms with E-state index >= 15 is 0 Å². The van der Waals surface area contributed by atoms with Gasteiger partial charge >= 0.3 is 11.9 Å². The maximum Gasteiger partial charge on any atom is 0.423 e. The van der Waals surface area contributed by atoms with Crippen LogP contribution in [-0.4, -0.2) is 34.2 Å². The van der Waals surface area contributed by atoms with Gasteiger partial charge in [0.1, 0.15) is 5.56 Å². The quantitative estimate of drug-likeness (QED) is 0.757. The van der Waals surface area contributed by atoms with Crippen LogP contribution >= 0.6 is 0 Å². The third-order valence-corrected chi connectivity index (χ3v) is 2.47. The zero-order chi connectivity index (χ0) is 14.2. The molecule has 0 saturated carbocycles. The number of aliphatic hydroxyl groups is 1. The van der Waals surface area contributed by atoms with Gasteiger partial charge in [0.25, 0.3) is 5.56 Å². The van der Waals surface area contributed by atoms with Gasteiger partial charge in [0.2, 0.25) is 0 Å². The van der Waals surface area contributed by atoms with Gasteiger partial charge in [-0.05, 0) is 0 Å². The van der Waals surface area contributed by atoms with E-state index in [1.54, 1.807) is 4.98 Å². The summed E-state index contributed by atoms with van der Waals surface area (Å²) in [6.07, 6.45) is -6.67. The Hall–Kier alpha value is -1.65. The van der Waals surface area contributed by atoms with E-state index in [0.29, 0.717) is 10.8 Å². The molecule has 1 fully saturated rings. The van der Waals surface area contributed by atoms with Crippen LogP contribution in [0.2, 0.25) is 0 Å². The molecule has 106 valence electrons. The Morgan fingerprint density at radius 3 is 2.68 bits per heavy atom. The maximum atomic E-state index is 12.5. The van der Waals surface area contributed by atoms with Gasteiger partial charge in [-0.2, -0.15) is 13.2 Å². The van der Waals surface area contributed by atoms with Crippen LogP contribution in [0.15, 0.2) is 15.8 Å². The third kappa shape index (κ3) is 2.69. The summed E-state index contributed by atoms with van der Waals surface area (Å²) in [5.74, 6) is 0. The number of hydrogen-bond donors (Lipinski definition) is 2. The molecule has 2 heterocycles. The number of alkyl halides is 3. The zero-order valence-electron chi connectivity index (χ0n) is 9.31. The molecule has 0 radical (unpaired) electrons. The largest absolute Gasteiger partial charge is 0.423 e. The second-order valence-electron chi connectivity index (χ2n) is 3.74. The lowest BCUT2D eigenvalue weighted by atomic mass is 10.3. The molecule has 2 rings (SSSR count). The van der Waals surface area contributed by atoms with Crippen molar-refractivity contribution < 1.29 is 27.8 Å². The molecule has 1 aromatic heterocycles. The summed E-state index contributed by atoms with van der Waals surface area (Å²) in [7, 11) is 0. The first-order valence-corrected chi connectivity index (χ1v) is 5.13. The van der Waals surface area contributed by atoms with Crippen molar-refractivity contribution >= 4 is 0 Å². The Bertz CT molecular complexity index is 578. The summed E-state index contributed by atoms with van der Waals surface area (Å²) in [6.45, 7) is -0.713. The fraction of sp³-hybridized carbons (Fsp3) is 0.556. The minimum absolute atomic E-state index is 0.214. The number of aliphatic hydroxyl groups excluding tert-OH is 1. The van der Waals surface area contributed by atoms with E-state index in [1.165, 1.54) is 0 Å². The van der Waals surface area contributed by atoms with E-state index in [2.05, 4.69) is 0 Å². The van der Waals surface area contributed by atoms with Crippen molar-refractivity contribution in [2.24, 2.45) is 0 Å². The normalized spacial score (nSPS) is 23.8. The lowest BCUT2D eigenvalue weighted by Crippen LogP contribution is -2.37. The highest BCUT2D eigenvalue weighted by molar-refractivity contribution is 5.09. The lowest BCUT2D eigenvalue weighted by molar-refractivity contribution is -0.139. The highest BCUT2D eigenvalue weighted by Gasteiger charge is 2.36. The summed E-state index contributed by atoms with van der Waals surface area (Å²) in [6, 6.07) is 0. The number of ether oxygens (including phenoxy) is 2. The van der Waals surface area contributed by atoms with Gasteiger partial charge in [0.15, 0.2) is 12.5 Å². The van der Waals surface area contributed by atoms with Crippen molar-refractivity contribution in [1.82, 2.24) is 9.55 Å². The van der Waals surface area contributed by atoms with Crippen molar-refractivity contribution in [3.8, 4) is 0 Å². The molecular weight excluding hydrogens is 273 g/mol. The molecule has 7 nitrogen and oxygen atoms in total. The van der Waals surface area contributed by atoms with Gasteiger partial charge in [-0.15, -0.1) is 0 Å². The molecule has 0 aliphatic carbocycles. The molecular formula is C9H9F3N2O5. The van der Waals surface area contributed by atoms with E-state index in [4.69, 9.17) is 14.6 Å². The van der Waals surface area contributed by atoms with Gasteiger partial charge < -0.3 is 14.6 Å². The average molecular weight is 282 g/mol. The molecule has 0 aromatic carbocycles. The third-order valence-electron chi connectivity index (χ3n) is 2.47. The Labute approximate surface area is 103 Å². The fourth-order valence-electron chi connectivity index (χ4n) is 1.59. The number of halogens is 3. The van der Waals surface area contributed by atoms with Crippen molar-refractivity contribution in [3.63, 3.8) is 0 Å². The fourth-order valence-corrected chi connectivity index (χ4v) is 1.59. The molecule has 0 unspecified atom stereocenters. The zero-order valence-corrected chi connectivity index (χ0v) is 9.31. The van der Waals surface area contributed by atoms with E-state index in [0.717, 1.165) is 0 Å². The predicted octanol–water partition coefficient (Wildman–Crippen LogP) is -0.581. The Balaban J connectivity index is 2.42. The van der Waals surface area contributed by atoms with Gasteiger partial charge in [-0.25, -0.2) is 4.79 Å². The molecule has 0 spiro atoms. The number of hydrogen-bond acceptors (Lipinski definition) is 5. The van der Waals surface area contributed by atoms with Gasteiger partial charge in [0.05, 0.1) is 13.2 Å². The number of nitrogens with one attached hydrogen (secondary N) is 1. The van der Waals surface area contributed by atoms with Crippen LogP contribution in [0.25, 0.3) is 0 Å². The first kappa shape index (κ1) is 13.8. The molecule has 10 heteroatoms. The SMILES string of the molecule is O=c1[nH]c(=O)n([C@H]2CO[C@H](CO)O2)cc1C(F)(F)F. The van der Waals surface area contributed by atoms with E-state index < -0.39 is 42.1 Å². The standard InChI is InChI=1S/C9H9F3N2O5/c10-9(11,12)4-1-14(8(17)13-7(4)16)5-3-18-6(2-15)19-5/h1,5-6,15H,2-3H2,(H,13,16,17)/t5-,6+/m1/s1. The van der Waals surface area contributed by atoms with Gasteiger partial charge in [0, 0.05) is 6.20 Å². The Kier molecular flexibility index (Phi) is 3.47. The first-order valence-electron chi connectivity index (χ1n) is 5.13. The highest BCUT2D eigenvalue weighted by atomic mass is 19.4. The summed E-state index contributed by atoms with van der Waals surface area (Å²) in [5, 5.41) is 8.75. The predicted molar refractivity (Wildman–Crippen MR) is 53.3 cm³/mol. The molecule has 1 saturated heterocycles.